The van der Waals surface area contributed by atoms with Crippen LogP contribution in [-0.4, -0.2) is 24.4 Å². The predicted molar refractivity (Wildman–Crippen MR) is 97.2 cm³/mol. The molecule has 0 atom stereocenters. The van der Waals surface area contributed by atoms with Crippen LogP contribution in [0.4, 0.5) is 24.5 Å². The van der Waals surface area contributed by atoms with Crippen molar-refractivity contribution in [1.29, 1.82) is 0 Å². The maximum Gasteiger partial charge on any atom is 0.255 e. The van der Waals surface area contributed by atoms with E-state index in [4.69, 9.17) is 0 Å². The molecule has 0 radical (unpaired) electrons. The Kier molecular flexibility index (Phi) is 6.29. The Hall–Kier alpha value is -2.50. The van der Waals surface area contributed by atoms with Crippen molar-refractivity contribution in [1.82, 2.24) is 4.90 Å². The van der Waals surface area contributed by atoms with Crippen LogP contribution in [0.1, 0.15) is 36.2 Å². The summed E-state index contributed by atoms with van der Waals surface area (Å²) in [4.78, 5) is 14.1. The van der Waals surface area contributed by atoms with Crippen molar-refractivity contribution < 1.29 is 18.0 Å². The molecule has 0 aliphatic carbocycles. The van der Waals surface area contributed by atoms with Crippen molar-refractivity contribution in [3.63, 3.8) is 0 Å². The molecule has 0 saturated heterocycles. The van der Waals surface area contributed by atoms with Gasteiger partial charge in [0, 0.05) is 13.6 Å². The van der Waals surface area contributed by atoms with Gasteiger partial charge >= 0.3 is 0 Å². The van der Waals surface area contributed by atoms with Crippen LogP contribution >= 0.6 is 0 Å². The molecule has 1 amide bonds. The number of rotatable bonds is 6. The number of amides is 1. The number of hydrogen-bond acceptors (Lipinski definition) is 2. The highest BCUT2D eigenvalue weighted by molar-refractivity contribution is 6.00. The number of benzene rings is 2. The molecule has 0 aliphatic rings. The van der Waals surface area contributed by atoms with E-state index < -0.39 is 23.4 Å². The zero-order chi connectivity index (χ0) is 19.4. The molecule has 26 heavy (non-hydrogen) atoms. The fourth-order valence-corrected chi connectivity index (χ4v) is 2.47. The van der Waals surface area contributed by atoms with Gasteiger partial charge in [0.2, 0.25) is 0 Å². The summed E-state index contributed by atoms with van der Waals surface area (Å²) >= 11 is 0. The van der Waals surface area contributed by atoms with E-state index in [1.165, 1.54) is 23.1 Å². The summed E-state index contributed by atoms with van der Waals surface area (Å²) in [6.45, 7) is 6.26. The minimum absolute atomic E-state index is 0.0287. The molecule has 0 saturated carbocycles. The second-order valence-corrected chi connectivity index (χ2v) is 6.80. The van der Waals surface area contributed by atoms with Gasteiger partial charge < -0.3 is 10.2 Å². The van der Waals surface area contributed by atoms with Crippen LogP contribution in [0, 0.1) is 30.3 Å². The van der Waals surface area contributed by atoms with E-state index in [1.54, 1.807) is 20.0 Å². The molecule has 140 valence electrons. The third-order valence-electron chi connectivity index (χ3n) is 4.10. The minimum Gasteiger partial charge on any atom is -0.350 e. The largest absolute Gasteiger partial charge is 0.350 e. The van der Waals surface area contributed by atoms with E-state index in [-0.39, 0.29) is 16.9 Å². The van der Waals surface area contributed by atoms with Gasteiger partial charge in [-0.2, -0.15) is 0 Å². The average molecular weight is 364 g/mol. The maximum absolute atomic E-state index is 14.4. The van der Waals surface area contributed by atoms with Crippen molar-refractivity contribution in [2.24, 2.45) is 5.92 Å². The van der Waals surface area contributed by atoms with Crippen LogP contribution in [0.2, 0.25) is 0 Å². The SMILES string of the molecule is Cc1ccc(Nc2c(C(=O)N(C)CCC(C)C)ccc(F)c2F)c(F)c1. The topological polar surface area (TPSA) is 32.3 Å². The smallest absolute Gasteiger partial charge is 0.255 e. The molecular weight excluding hydrogens is 341 g/mol. The molecular formula is C20H23F3N2O. The average Bonchev–Trinajstić information content (AvgIpc) is 2.58. The van der Waals surface area contributed by atoms with Crippen LogP contribution in [-0.2, 0) is 0 Å². The summed E-state index contributed by atoms with van der Waals surface area (Å²) in [7, 11) is 1.60. The van der Waals surface area contributed by atoms with Gasteiger partial charge in [-0.05, 0) is 49.1 Å². The molecule has 2 aromatic rings. The molecule has 0 spiro atoms. The summed E-state index contributed by atoms with van der Waals surface area (Å²) in [5.41, 5.74) is 0.251. The first kappa shape index (κ1) is 19.8. The van der Waals surface area contributed by atoms with Gasteiger partial charge in [-0.15, -0.1) is 0 Å². The van der Waals surface area contributed by atoms with Crippen molar-refractivity contribution >= 4 is 17.3 Å². The Morgan fingerprint density at radius 2 is 1.81 bits per heavy atom. The van der Waals surface area contributed by atoms with Crippen molar-refractivity contribution in [3.8, 4) is 0 Å². The first-order valence-corrected chi connectivity index (χ1v) is 8.47. The molecule has 2 aromatic carbocycles. The standard InChI is InChI=1S/C20H23F3N2O/c1-12(2)9-10-25(4)20(26)14-6-7-15(21)18(23)19(14)24-17-8-5-13(3)11-16(17)22/h5-8,11-12,24H,9-10H2,1-4H3. The summed E-state index contributed by atoms with van der Waals surface area (Å²) < 4.78 is 42.2. The van der Waals surface area contributed by atoms with Crippen molar-refractivity contribution in [2.75, 3.05) is 18.9 Å². The molecule has 0 bridgehead atoms. The van der Waals surface area contributed by atoms with E-state index in [0.29, 0.717) is 18.0 Å². The first-order chi connectivity index (χ1) is 12.2. The van der Waals surface area contributed by atoms with Gasteiger partial charge in [0.1, 0.15) is 5.82 Å². The Bertz CT molecular complexity index is 806. The van der Waals surface area contributed by atoms with E-state index >= 15 is 0 Å². The molecule has 6 heteroatoms. The van der Waals surface area contributed by atoms with Crippen LogP contribution in [0.15, 0.2) is 30.3 Å². The lowest BCUT2D eigenvalue weighted by molar-refractivity contribution is 0.0789. The summed E-state index contributed by atoms with van der Waals surface area (Å²) in [6.07, 6.45) is 0.779. The van der Waals surface area contributed by atoms with Gasteiger partial charge in [0.15, 0.2) is 11.6 Å². The normalized spacial score (nSPS) is 10.9. The molecule has 0 fully saturated rings. The van der Waals surface area contributed by atoms with Crippen LogP contribution in [0.25, 0.3) is 0 Å². The highest BCUT2D eigenvalue weighted by Gasteiger charge is 2.22. The molecule has 1 N–H and O–H groups in total. The van der Waals surface area contributed by atoms with E-state index in [1.807, 2.05) is 13.8 Å². The Morgan fingerprint density at radius 3 is 2.42 bits per heavy atom. The van der Waals surface area contributed by atoms with Crippen LogP contribution in [0.3, 0.4) is 0 Å². The molecule has 0 aliphatic heterocycles. The van der Waals surface area contributed by atoms with Crippen LogP contribution in [0.5, 0.6) is 0 Å². The summed E-state index contributed by atoms with van der Waals surface area (Å²) in [5, 5.41) is 2.54. The fourth-order valence-electron chi connectivity index (χ4n) is 2.47. The number of aryl methyl sites for hydroxylation is 1. The lowest BCUT2D eigenvalue weighted by Crippen LogP contribution is -2.29. The number of anilines is 2. The van der Waals surface area contributed by atoms with E-state index in [0.717, 1.165) is 12.5 Å². The lowest BCUT2D eigenvalue weighted by atomic mass is 10.1. The van der Waals surface area contributed by atoms with Gasteiger partial charge in [0.05, 0.1) is 16.9 Å². The Balaban J connectivity index is 2.38. The van der Waals surface area contributed by atoms with Crippen LogP contribution < -0.4 is 5.32 Å². The molecule has 0 aromatic heterocycles. The zero-order valence-corrected chi connectivity index (χ0v) is 15.4. The van der Waals surface area contributed by atoms with Crippen molar-refractivity contribution in [3.05, 3.63) is 58.9 Å². The highest BCUT2D eigenvalue weighted by Crippen LogP contribution is 2.29. The second kappa shape index (κ2) is 8.25. The number of nitrogens with zero attached hydrogens (tertiary/aromatic N) is 1. The predicted octanol–water partition coefficient (Wildman–Crippen LogP) is 5.27. The number of halogens is 3. The number of carbonyl (C=O) groups is 1. The van der Waals surface area contributed by atoms with Gasteiger partial charge in [-0.1, -0.05) is 19.9 Å². The van der Waals surface area contributed by atoms with E-state index in [9.17, 15) is 18.0 Å². The molecule has 0 heterocycles. The lowest BCUT2D eigenvalue weighted by Gasteiger charge is -2.21. The summed E-state index contributed by atoms with van der Waals surface area (Å²) in [5.74, 6) is -3.00. The first-order valence-electron chi connectivity index (χ1n) is 8.47. The quantitative estimate of drug-likeness (QED) is 0.757. The molecule has 0 unspecified atom stereocenters. The Morgan fingerprint density at radius 1 is 1.12 bits per heavy atom. The Labute approximate surface area is 151 Å². The van der Waals surface area contributed by atoms with Gasteiger partial charge in [-0.3, -0.25) is 4.79 Å². The van der Waals surface area contributed by atoms with Crippen molar-refractivity contribution in [2.45, 2.75) is 27.2 Å². The maximum atomic E-state index is 14.4. The highest BCUT2D eigenvalue weighted by atomic mass is 19.2. The molecule has 2 rings (SSSR count). The third kappa shape index (κ3) is 4.56. The summed E-state index contributed by atoms with van der Waals surface area (Å²) in [6, 6.07) is 6.44. The zero-order valence-electron chi connectivity index (χ0n) is 15.4. The van der Waals surface area contributed by atoms with E-state index in [2.05, 4.69) is 5.32 Å². The number of nitrogens with one attached hydrogen (secondary N) is 1. The second-order valence-electron chi connectivity index (χ2n) is 6.80. The van der Waals surface area contributed by atoms with Gasteiger partial charge in [-0.25, -0.2) is 13.2 Å². The molecule has 3 nitrogen and oxygen atoms in total. The third-order valence-corrected chi connectivity index (χ3v) is 4.10. The fraction of sp³-hybridized carbons (Fsp3) is 0.350. The minimum atomic E-state index is -1.21. The number of hydrogen-bond donors (Lipinski definition) is 1. The monoisotopic (exact) mass is 364 g/mol. The number of carbonyl (C=O) groups excluding carboxylic acids is 1. The van der Waals surface area contributed by atoms with Gasteiger partial charge in [0.25, 0.3) is 5.91 Å².